The Morgan fingerprint density at radius 2 is 1.52 bits per heavy atom. The van der Waals surface area contributed by atoms with Crippen LogP contribution in [0.5, 0.6) is 0 Å². The highest BCUT2D eigenvalue weighted by atomic mass is 15.2. The molecule has 110 valence electrons. The molecule has 0 saturated carbocycles. The fourth-order valence-electron chi connectivity index (χ4n) is 3.72. The van der Waals surface area contributed by atoms with Crippen LogP contribution < -0.4 is 4.57 Å². The van der Waals surface area contributed by atoms with E-state index in [1.54, 1.807) is 0 Å². The monoisotopic (exact) mass is 297 g/mol. The Kier molecular flexibility index (Phi) is 2.65. The van der Waals surface area contributed by atoms with Crippen molar-refractivity contribution in [2.24, 2.45) is 0 Å². The van der Waals surface area contributed by atoms with Gasteiger partial charge in [-0.3, -0.25) is 0 Å². The van der Waals surface area contributed by atoms with Gasteiger partial charge in [-0.15, -0.1) is 0 Å². The second kappa shape index (κ2) is 4.82. The molecule has 0 aliphatic carbocycles. The summed E-state index contributed by atoms with van der Waals surface area (Å²) in [4.78, 5) is 0. The third kappa shape index (κ3) is 1.85. The minimum atomic E-state index is 0.901. The summed E-state index contributed by atoms with van der Waals surface area (Å²) in [5.74, 6) is 1.32. The van der Waals surface area contributed by atoms with Gasteiger partial charge in [0.1, 0.15) is 13.1 Å². The van der Waals surface area contributed by atoms with Gasteiger partial charge < -0.3 is 0 Å². The molecular weight excluding hydrogens is 280 g/mol. The summed E-state index contributed by atoms with van der Waals surface area (Å²) in [6.07, 6.45) is 0. The van der Waals surface area contributed by atoms with Crippen molar-refractivity contribution in [3.8, 4) is 11.4 Å². The third-order valence-electron chi connectivity index (χ3n) is 4.74. The molecule has 2 heterocycles. The number of imidazole rings is 1. The van der Waals surface area contributed by atoms with Gasteiger partial charge in [-0.25, -0.2) is 9.13 Å². The van der Waals surface area contributed by atoms with E-state index in [2.05, 4.69) is 88.0 Å². The van der Waals surface area contributed by atoms with Crippen LogP contribution in [-0.2, 0) is 13.1 Å². The van der Waals surface area contributed by atoms with Crippen LogP contribution in [0.15, 0.2) is 78.9 Å². The smallest absolute Gasteiger partial charge is 0.219 e. The Morgan fingerprint density at radius 3 is 2.43 bits per heavy atom. The molecule has 0 N–H and O–H groups in total. The zero-order valence-corrected chi connectivity index (χ0v) is 12.8. The molecule has 23 heavy (non-hydrogen) atoms. The highest BCUT2D eigenvalue weighted by Crippen LogP contribution is 2.31. The van der Waals surface area contributed by atoms with Crippen LogP contribution in [0.3, 0.4) is 0 Å². The van der Waals surface area contributed by atoms with Gasteiger partial charge in [0.05, 0.1) is 5.56 Å². The first-order chi connectivity index (χ1) is 11.4. The van der Waals surface area contributed by atoms with Gasteiger partial charge in [-0.05, 0) is 23.8 Å². The van der Waals surface area contributed by atoms with E-state index in [-0.39, 0.29) is 0 Å². The molecule has 5 rings (SSSR count). The van der Waals surface area contributed by atoms with Crippen molar-refractivity contribution in [2.45, 2.75) is 13.1 Å². The number of benzene rings is 3. The van der Waals surface area contributed by atoms with Crippen molar-refractivity contribution in [2.75, 3.05) is 0 Å². The SMILES string of the molecule is c1ccc(Cn2c3[n+](c4ccccc42)Cc2ccccc2-3)cc1. The lowest BCUT2D eigenvalue weighted by Crippen LogP contribution is -2.31. The molecule has 0 radical (unpaired) electrons. The molecular formula is C21H17N2+. The molecule has 0 bridgehead atoms. The minimum Gasteiger partial charge on any atom is -0.219 e. The van der Waals surface area contributed by atoms with E-state index in [1.165, 1.54) is 33.5 Å². The maximum atomic E-state index is 2.45. The van der Waals surface area contributed by atoms with E-state index in [1.807, 2.05) is 0 Å². The molecule has 1 aliphatic heterocycles. The van der Waals surface area contributed by atoms with E-state index in [0.29, 0.717) is 0 Å². The highest BCUT2D eigenvalue weighted by molar-refractivity contribution is 5.78. The lowest BCUT2D eigenvalue weighted by atomic mass is 10.1. The van der Waals surface area contributed by atoms with Crippen molar-refractivity contribution in [1.29, 1.82) is 0 Å². The van der Waals surface area contributed by atoms with Crippen molar-refractivity contribution in [3.05, 3.63) is 90.0 Å². The molecule has 2 heteroatoms. The predicted octanol–water partition coefficient (Wildman–Crippen LogP) is 4.01. The van der Waals surface area contributed by atoms with E-state index < -0.39 is 0 Å². The highest BCUT2D eigenvalue weighted by Gasteiger charge is 2.33. The van der Waals surface area contributed by atoms with Gasteiger partial charge in [0.25, 0.3) is 5.82 Å². The summed E-state index contributed by atoms with van der Waals surface area (Å²) >= 11 is 0. The molecule has 4 aromatic rings. The third-order valence-corrected chi connectivity index (χ3v) is 4.74. The molecule has 0 atom stereocenters. The molecule has 1 aliphatic rings. The van der Waals surface area contributed by atoms with Crippen LogP contribution in [-0.4, -0.2) is 4.57 Å². The summed E-state index contributed by atoms with van der Waals surface area (Å²) in [6, 6.07) is 28.2. The average Bonchev–Trinajstić information content (AvgIpc) is 3.12. The molecule has 0 saturated heterocycles. The number of aromatic nitrogens is 2. The Balaban J connectivity index is 1.79. The van der Waals surface area contributed by atoms with E-state index in [4.69, 9.17) is 0 Å². The van der Waals surface area contributed by atoms with Gasteiger partial charge in [0.2, 0.25) is 0 Å². The molecule has 0 amide bonds. The Bertz CT molecular complexity index is 1010. The first-order valence-corrected chi connectivity index (χ1v) is 8.05. The number of nitrogens with zero attached hydrogens (tertiary/aromatic N) is 2. The second-order valence-electron chi connectivity index (χ2n) is 6.13. The Labute approximate surface area is 135 Å². The fourth-order valence-corrected chi connectivity index (χ4v) is 3.72. The van der Waals surface area contributed by atoms with Crippen LogP contribution in [0.25, 0.3) is 22.4 Å². The van der Waals surface area contributed by atoms with Gasteiger partial charge >= 0.3 is 0 Å². The van der Waals surface area contributed by atoms with Crippen LogP contribution in [0.2, 0.25) is 0 Å². The summed E-state index contributed by atoms with van der Waals surface area (Å²) in [5.41, 5.74) is 6.73. The molecule has 0 unspecified atom stereocenters. The van der Waals surface area contributed by atoms with E-state index in [0.717, 1.165) is 13.1 Å². The van der Waals surface area contributed by atoms with Crippen molar-refractivity contribution < 1.29 is 4.57 Å². The summed E-state index contributed by atoms with van der Waals surface area (Å²) < 4.78 is 4.90. The molecule has 2 nitrogen and oxygen atoms in total. The van der Waals surface area contributed by atoms with E-state index >= 15 is 0 Å². The van der Waals surface area contributed by atoms with Crippen LogP contribution in [0, 0.1) is 0 Å². The number of rotatable bonds is 2. The largest absolute Gasteiger partial charge is 0.290 e. The van der Waals surface area contributed by atoms with Crippen molar-refractivity contribution in [1.82, 2.24) is 4.57 Å². The van der Waals surface area contributed by atoms with Crippen LogP contribution in [0.4, 0.5) is 0 Å². The first-order valence-electron chi connectivity index (χ1n) is 8.05. The maximum absolute atomic E-state index is 2.45. The summed E-state index contributed by atoms with van der Waals surface area (Å²) in [5, 5.41) is 0. The standard InChI is InChI=1S/C21H17N2/c1-2-8-16(9-3-1)14-22-19-12-6-7-13-20(19)23-15-17-10-4-5-11-18(17)21(22)23/h1-13H,14-15H2/q+1. The summed E-state index contributed by atoms with van der Waals surface area (Å²) in [7, 11) is 0. The zero-order chi connectivity index (χ0) is 15.2. The molecule has 0 spiro atoms. The van der Waals surface area contributed by atoms with Gasteiger partial charge in [-0.1, -0.05) is 60.7 Å². The Morgan fingerprint density at radius 1 is 0.783 bits per heavy atom. The molecule has 1 aromatic heterocycles. The van der Waals surface area contributed by atoms with Gasteiger partial charge in [-0.2, -0.15) is 0 Å². The normalized spacial score (nSPS) is 12.3. The predicted molar refractivity (Wildman–Crippen MR) is 92.2 cm³/mol. The van der Waals surface area contributed by atoms with Gasteiger partial charge in [0.15, 0.2) is 11.0 Å². The number of hydrogen-bond acceptors (Lipinski definition) is 0. The Hall–Kier alpha value is -2.87. The quantitative estimate of drug-likeness (QED) is 0.435. The summed E-state index contributed by atoms with van der Waals surface area (Å²) in [6.45, 7) is 1.87. The maximum Gasteiger partial charge on any atom is 0.290 e. The first kappa shape index (κ1) is 12.7. The van der Waals surface area contributed by atoms with Crippen molar-refractivity contribution in [3.63, 3.8) is 0 Å². The van der Waals surface area contributed by atoms with Gasteiger partial charge in [0, 0.05) is 5.56 Å². The average molecular weight is 297 g/mol. The second-order valence-corrected chi connectivity index (χ2v) is 6.13. The van der Waals surface area contributed by atoms with Crippen LogP contribution in [0.1, 0.15) is 11.1 Å². The lowest BCUT2D eigenvalue weighted by molar-refractivity contribution is -0.646. The number of fused-ring (bicyclic) bond motifs is 5. The molecule has 3 aromatic carbocycles. The number of para-hydroxylation sites is 2. The number of hydrogen-bond donors (Lipinski definition) is 0. The zero-order valence-electron chi connectivity index (χ0n) is 12.8. The fraction of sp³-hybridized carbons (Fsp3) is 0.0952. The lowest BCUT2D eigenvalue weighted by Gasteiger charge is -2.02. The van der Waals surface area contributed by atoms with E-state index in [9.17, 15) is 0 Å². The van der Waals surface area contributed by atoms with Crippen LogP contribution >= 0.6 is 0 Å². The minimum absolute atomic E-state index is 0.901. The van der Waals surface area contributed by atoms with Crippen molar-refractivity contribution >= 4 is 11.0 Å². The topological polar surface area (TPSA) is 8.81 Å². The molecule has 0 fully saturated rings.